The number of hydrogen-bond acceptors (Lipinski definition) is 27. The van der Waals surface area contributed by atoms with Gasteiger partial charge in [-0.15, -0.1) is 0 Å². The van der Waals surface area contributed by atoms with Crippen molar-refractivity contribution in [1.29, 1.82) is 0 Å². The van der Waals surface area contributed by atoms with Crippen molar-refractivity contribution in [3.8, 4) is 0 Å². The molecule has 31 atom stereocenters. The molecule has 0 amide bonds. The van der Waals surface area contributed by atoms with Crippen molar-refractivity contribution in [2.24, 2.45) is 50.2 Å². The van der Waals surface area contributed by atoms with Gasteiger partial charge in [0.2, 0.25) is 0 Å². The van der Waals surface area contributed by atoms with Crippen molar-refractivity contribution in [2.45, 2.75) is 283 Å². The van der Waals surface area contributed by atoms with Gasteiger partial charge < -0.3 is 118 Å². The van der Waals surface area contributed by atoms with Crippen LogP contribution >= 0.6 is 0 Å². The molecule has 0 aromatic rings. The Morgan fingerprint density at radius 3 is 1.61 bits per heavy atom. The maximum atomic E-state index is 14.4. The number of fused-ring (bicyclic) bond motifs is 7. The number of carbonyl (C=O) groups excluding carboxylic acids is 3. The molecule has 4 heterocycles. The lowest BCUT2D eigenvalue weighted by Crippen LogP contribution is -2.77. The predicted molar refractivity (Wildman–Crippen MR) is 331 cm³/mol. The fourth-order valence-corrected chi connectivity index (χ4v) is 18.2. The van der Waals surface area contributed by atoms with Crippen molar-refractivity contribution in [2.75, 3.05) is 19.8 Å². The second-order valence-electron chi connectivity index (χ2n) is 30.2. The van der Waals surface area contributed by atoms with Crippen LogP contribution in [0.2, 0.25) is 0 Å². The van der Waals surface area contributed by atoms with Crippen LogP contribution in [0.3, 0.4) is 0 Å². The predicted octanol–water partition coefficient (Wildman–Crippen LogP) is 0.632. The van der Waals surface area contributed by atoms with E-state index >= 15 is 0 Å². The molecule has 28 nitrogen and oxygen atoms in total. The molecule has 96 heavy (non-hydrogen) atoms. The average molecular weight is 1370 g/mol. The maximum Gasteiger partial charge on any atom is 0.335 e. The van der Waals surface area contributed by atoms with Gasteiger partial charge in [-0.1, -0.05) is 78.3 Å². The van der Waals surface area contributed by atoms with E-state index in [4.69, 9.17) is 52.1 Å². The van der Waals surface area contributed by atoms with Gasteiger partial charge in [0, 0.05) is 22.1 Å². The molecule has 8 fully saturated rings. The first-order chi connectivity index (χ1) is 44.9. The summed E-state index contributed by atoms with van der Waals surface area (Å²) in [6, 6.07) is 0. The second-order valence-corrected chi connectivity index (χ2v) is 30.2. The molecule has 13 N–H and O–H groups in total. The molecule has 544 valence electrons. The number of aliphatic hydroxyl groups excluding tert-OH is 12. The van der Waals surface area contributed by atoms with E-state index in [2.05, 4.69) is 19.9 Å². The summed E-state index contributed by atoms with van der Waals surface area (Å²) in [5, 5.41) is 148. The minimum absolute atomic E-state index is 0.155. The van der Waals surface area contributed by atoms with Gasteiger partial charge in [0.1, 0.15) is 79.4 Å². The highest BCUT2D eigenvalue weighted by atomic mass is 16.8. The van der Waals surface area contributed by atoms with Crippen molar-refractivity contribution in [1.82, 2.24) is 0 Å². The highest BCUT2D eigenvalue weighted by molar-refractivity contribution is 5.89. The Labute approximate surface area is 559 Å². The van der Waals surface area contributed by atoms with Crippen LogP contribution in [-0.4, -0.2) is 257 Å². The Morgan fingerprint density at radius 1 is 0.552 bits per heavy atom. The second kappa shape index (κ2) is 28.5. The first kappa shape index (κ1) is 76.2. The van der Waals surface area contributed by atoms with E-state index < -0.39 is 229 Å². The van der Waals surface area contributed by atoms with E-state index in [0.717, 1.165) is 5.57 Å². The molecule has 5 aliphatic carbocycles. The Morgan fingerprint density at radius 2 is 1.07 bits per heavy atom. The zero-order valence-corrected chi connectivity index (χ0v) is 57.2. The quantitative estimate of drug-likeness (QED) is 0.0294. The lowest BCUT2D eigenvalue weighted by molar-refractivity contribution is -0.386. The molecule has 0 bridgehead atoms. The van der Waals surface area contributed by atoms with Gasteiger partial charge in [0.05, 0.1) is 49.7 Å². The zero-order valence-electron chi connectivity index (χ0n) is 57.2. The molecule has 9 aliphatic rings. The van der Waals surface area contributed by atoms with E-state index in [-0.39, 0.29) is 41.4 Å². The van der Waals surface area contributed by atoms with Crippen LogP contribution in [-0.2, 0) is 71.3 Å². The number of ether oxygens (including phenoxy) is 11. The molecule has 4 saturated heterocycles. The molecule has 4 aliphatic heterocycles. The first-order valence-corrected chi connectivity index (χ1v) is 33.5. The number of aliphatic hydroxyl groups is 12. The molecule has 28 heteroatoms. The van der Waals surface area contributed by atoms with Gasteiger partial charge in [-0.25, -0.2) is 19.2 Å². The number of aliphatic carboxylic acids is 1. The Hall–Kier alpha value is -3.96. The lowest BCUT2D eigenvalue weighted by atomic mass is 9.32. The minimum atomic E-state index is -2.16. The lowest BCUT2D eigenvalue weighted by Gasteiger charge is -2.73. The molecule has 0 radical (unpaired) electrons. The van der Waals surface area contributed by atoms with Crippen LogP contribution in [0, 0.1) is 50.2 Å². The van der Waals surface area contributed by atoms with Crippen molar-refractivity contribution < 1.29 is 138 Å². The Bertz CT molecular complexity index is 2960. The van der Waals surface area contributed by atoms with Gasteiger partial charge in [0.15, 0.2) is 43.5 Å². The number of allylic oxidation sites excluding steroid dienone is 4. The summed E-state index contributed by atoms with van der Waals surface area (Å²) in [6.45, 7) is 22.5. The molecule has 3 unspecified atom stereocenters. The summed E-state index contributed by atoms with van der Waals surface area (Å²) < 4.78 is 68.2. The monoisotopic (exact) mass is 1370 g/mol. The summed E-state index contributed by atoms with van der Waals surface area (Å²) in [5.74, 6) is -5.32. The van der Waals surface area contributed by atoms with E-state index in [1.807, 2.05) is 34.6 Å². The molecule has 4 saturated carbocycles. The average Bonchev–Trinajstić information content (AvgIpc) is 0.708. The summed E-state index contributed by atoms with van der Waals surface area (Å²) in [7, 11) is 0. The molecular formula is C68H104O28. The summed E-state index contributed by atoms with van der Waals surface area (Å²) in [4.78, 5) is 54.1. The standard InChI is InChI=1S/C68H104O28/c1-15-28(4)56(83)90-46-31(7)86-61(45(78)48(46)91-57(84)29(5)16-2)96-53-54(95-58(85)30(6)17-3)68(27-71)33(24-63(53,8)9)32-18-19-37-65(12)22-21-38(64(10,11)36(65)20-23-66(37,13)67(32,14)51(79)52(68)80)89-62-50(94-60-43(76)41(74)39(72)34(25-69)87-60)47(44(77)49(93-62)55(81)82)92-59-42(75)40(73)35(26-70)88-59/h15-18,31,33-54,59-62,69-80H,19-27H2,1-14H3,(H,81,82)/b28-15-,29-16-,30-17-/t31-,33?,34+,35+,36?,37?,38-,39-,40+,41-,42-,43+,44-,45+,46-,47-,48-,49-,50+,51-,52+,53-,54-,59+,60-,61-,62-,65-,66+,67-,68-/m0/s1. The number of carbonyl (C=O) groups is 4. The SMILES string of the molecule is C/C=C(/C)C(=O)O[C@@H]1[C@@H](OC(=O)/C(C)=C\C)[C@@H](O)[C@H](O[C@H]2[C@H](OC(=O)/C(C)=C\C)[C@@]3(CO)C(CC2(C)C)C2=CCC4[C@@]5(C)CC[C@H](O[C@H]6O[C@H](C(=O)O)[C@@H](O)[C@H](O[C@H]7O[C@H](CO)[C@@H](O)[C@@H]7O)[C@H]6O[C@@H]6O[C@H](CO)[C@H](O)[C@H](O)[C@H]6O)C(C)(C)C5CC[C@@]4(C)[C@]2(C)[C@@H](O)[C@H]3O)O[C@H]1C. The molecular weight excluding hydrogens is 1260 g/mol. The van der Waals surface area contributed by atoms with Crippen molar-refractivity contribution >= 4 is 23.9 Å². The van der Waals surface area contributed by atoms with E-state index in [0.29, 0.717) is 25.7 Å². The third kappa shape index (κ3) is 12.6. The topological polar surface area (TPSA) is 433 Å². The Balaban J connectivity index is 1.05. The normalized spacial score (nSPS) is 47.8. The summed E-state index contributed by atoms with van der Waals surface area (Å²) in [5.41, 5.74) is -5.15. The van der Waals surface area contributed by atoms with Crippen LogP contribution < -0.4 is 0 Å². The highest BCUT2D eigenvalue weighted by Gasteiger charge is 2.77. The molecule has 0 spiro atoms. The third-order valence-corrected chi connectivity index (χ3v) is 24.4. The van der Waals surface area contributed by atoms with Gasteiger partial charge in [-0.3, -0.25) is 0 Å². The number of esters is 3. The van der Waals surface area contributed by atoms with Crippen LogP contribution in [0.15, 0.2) is 46.6 Å². The fourth-order valence-electron chi connectivity index (χ4n) is 18.2. The van der Waals surface area contributed by atoms with E-state index in [1.165, 1.54) is 39.0 Å². The van der Waals surface area contributed by atoms with E-state index in [9.17, 15) is 85.6 Å². The first-order valence-electron chi connectivity index (χ1n) is 33.5. The van der Waals surface area contributed by atoms with Crippen molar-refractivity contribution in [3.63, 3.8) is 0 Å². The van der Waals surface area contributed by atoms with Crippen molar-refractivity contribution in [3.05, 3.63) is 46.6 Å². The van der Waals surface area contributed by atoms with Gasteiger partial charge in [0.25, 0.3) is 0 Å². The minimum Gasteiger partial charge on any atom is -0.479 e. The number of hydrogen-bond donors (Lipinski definition) is 13. The van der Waals surface area contributed by atoms with Crippen LogP contribution in [0.4, 0.5) is 0 Å². The van der Waals surface area contributed by atoms with Crippen LogP contribution in [0.5, 0.6) is 0 Å². The largest absolute Gasteiger partial charge is 0.479 e. The highest BCUT2D eigenvalue weighted by Crippen LogP contribution is 2.76. The van der Waals surface area contributed by atoms with Gasteiger partial charge in [-0.05, 0) is 126 Å². The fraction of sp³-hybridized carbons (Fsp3) is 0.824. The molecule has 0 aromatic carbocycles. The molecule has 0 aromatic heterocycles. The number of carboxylic acid groups (broad SMARTS) is 1. The van der Waals surface area contributed by atoms with Crippen LogP contribution in [0.25, 0.3) is 0 Å². The van der Waals surface area contributed by atoms with Crippen LogP contribution in [0.1, 0.15) is 135 Å². The summed E-state index contributed by atoms with van der Waals surface area (Å²) in [6.07, 6.45) is -31.6. The Kier molecular flexibility index (Phi) is 22.6. The molecule has 9 rings (SSSR count). The summed E-state index contributed by atoms with van der Waals surface area (Å²) >= 11 is 0. The number of carboxylic acids is 1. The smallest absolute Gasteiger partial charge is 0.335 e. The van der Waals surface area contributed by atoms with Gasteiger partial charge >= 0.3 is 23.9 Å². The zero-order chi connectivity index (χ0) is 71.2. The van der Waals surface area contributed by atoms with Gasteiger partial charge in [-0.2, -0.15) is 0 Å². The number of rotatable bonds is 18. The van der Waals surface area contributed by atoms with E-state index in [1.54, 1.807) is 27.7 Å². The maximum absolute atomic E-state index is 14.4. The third-order valence-electron chi connectivity index (χ3n) is 24.4.